The van der Waals surface area contributed by atoms with Gasteiger partial charge in [0.25, 0.3) is 5.91 Å². The molecule has 0 bridgehead atoms. The lowest BCUT2D eigenvalue weighted by molar-refractivity contribution is -0.160. The molecular weight excluding hydrogens is 386 g/mol. The van der Waals surface area contributed by atoms with Gasteiger partial charge in [-0.1, -0.05) is 12.1 Å². The molecule has 2 amide bonds. The minimum atomic E-state index is -1.31. The van der Waals surface area contributed by atoms with Gasteiger partial charge in [-0.25, -0.2) is 13.6 Å². The molecule has 29 heavy (non-hydrogen) atoms. The number of nitrogens with zero attached hydrogens (tertiary/aromatic N) is 1. The number of nitrogens with one attached hydrogen (secondary N) is 1. The Hall–Kier alpha value is -3.49. The summed E-state index contributed by atoms with van der Waals surface area (Å²) in [5.74, 6) is -3.23. The van der Waals surface area contributed by atoms with Crippen LogP contribution in [0, 0.1) is 11.6 Å². The summed E-state index contributed by atoms with van der Waals surface area (Å²) >= 11 is 0. The van der Waals surface area contributed by atoms with Crippen LogP contribution in [0.5, 0.6) is 5.75 Å². The zero-order valence-electron chi connectivity index (χ0n) is 15.6. The first kappa shape index (κ1) is 20.2. The van der Waals surface area contributed by atoms with E-state index in [2.05, 4.69) is 5.32 Å². The molecule has 1 N–H and O–H groups in total. The van der Waals surface area contributed by atoms with Crippen LogP contribution in [0.3, 0.4) is 0 Å². The summed E-state index contributed by atoms with van der Waals surface area (Å²) < 4.78 is 37.6. The van der Waals surface area contributed by atoms with Crippen LogP contribution < -0.4 is 15.0 Å². The van der Waals surface area contributed by atoms with Gasteiger partial charge in [-0.05, 0) is 31.2 Å². The first-order valence-electron chi connectivity index (χ1n) is 8.76. The molecule has 2 aromatic carbocycles. The quantitative estimate of drug-likeness (QED) is 0.792. The predicted octanol–water partition coefficient (Wildman–Crippen LogP) is 2.65. The summed E-state index contributed by atoms with van der Waals surface area (Å²) in [5, 5.41) is 2.17. The molecule has 2 aromatic rings. The van der Waals surface area contributed by atoms with E-state index in [1.807, 2.05) is 0 Å². The molecule has 0 saturated carbocycles. The molecular formula is C20H18F2N2O5. The monoisotopic (exact) mass is 404 g/mol. The molecule has 152 valence electrons. The minimum absolute atomic E-state index is 0.0853. The van der Waals surface area contributed by atoms with E-state index < -0.39 is 35.7 Å². The molecule has 0 fully saturated rings. The van der Waals surface area contributed by atoms with Crippen LogP contribution in [0.1, 0.15) is 13.8 Å². The maximum atomic E-state index is 13.7. The number of hydrogen-bond acceptors (Lipinski definition) is 5. The van der Waals surface area contributed by atoms with E-state index in [-0.39, 0.29) is 18.1 Å². The number of esters is 1. The van der Waals surface area contributed by atoms with Crippen molar-refractivity contribution in [2.24, 2.45) is 0 Å². The number of rotatable bonds is 4. The van der Waals surface area contributed by atoms with Crippen LogP contribution in [-0.4, -0.2) is 36.5 Å². The number of carbonyl (C=O) groups is 3. The van der Waals surface area contributed by atoms with E-state index in [0.717, 1.165) is 18.2 Å². The Labute approximate surface area is 165 Å². The third-order valence-corrected chi connectivity index (χ3v) is 4.27. The van der Waals surface area contributed by atoms with Gasteiger partial charge in [-0.15, -0.1) is 0 Å². The van der Waals surface area contributed by atoms with Crippen LogP contribution in [0.2, 0.25) is 0 Å². The van der Waals surface area contributed by atoms with Gasteiger partial charge in [0.2, 0.25) is 12.0 Å². The van der Waals surface area contributed by atoms with Crippen molar-refractivity contribution in [3.8, 4) is 5.75 Å². The molecule has 0 aliphatic carbocycles. The molecule has 7 nitrogen and oxygen atoms in total. The Bertz CT molecular complexity index is 966. The molecule has 0 radical (unpaired) electrons. The van der Waals surface area contributed by atoms with E-state index in [4.69, 9.17) is 9.47 Å². The van der Waals surface area contributed by atoms with Crippen molar-refractivity contribution in [2.75, 3.05) is 16.8 Å². The zero-order valence-corrected chi connectivity index (χ0v) is 15.6. The van der Waals surface area contributed by atoms with Crippen LogP contribution in [0.4, 0.5) is 20.2 Å². The maximum Gasteiger partial charge on any atom is 0.350 e. The van der Waals surface area contributed by atoms with Crippen molar-refractivity contribution in [1.82, 2.24) is 0 Å². The van der Waals surface area contributed by atoms with Crippen LogP contribution in [-0.2, 0) is 19.1 Å². The fraction of sp³-hybridized carbons (Fsp3) is 0.250. The molecule has 0 unspecified atom stereocenters. The molecule has 3 rings (SSSR count). The highest BCUT2D eigenvalue weighted by molar-refractivity contribution is 5.97. The summed E-state index contributed by atoms with van der Waals surface area (Å²) in [6, 6.07) is 9.30. The van der Waals surface area contributed by atoms with E-state index in [1.165, 1.54) is 18.7 Å². The number of fused-ring (bicyclic) bond motifs is 1. The standard InChI is InChI=1S/C20H18F2N2O5/c1-11(19(26)23-15-9-13(21)7-8-14(15)22)28-20(27)18-10-24(12(2)25)16-5-3-4-6-17(16)29-18/h3-9,11,18H,10H2,1-2H3,(H,23,26)/t11-,18-/m1/s1. The van der Waals surface area contributed by atoms with Gasteiger partial charge in [-0.2, -0.15) is 0 Å². The highest BCUT2D eigenvalue weighted by Gasteiger charge is 2.35. The highest BCUT2D eigenvalue weighted by Crippen LogP contribution is 2.33. The molecule has 0 spiro atoms. The Balaban J connectivity index is 1.67. The van der Waals surface area contributed by atoms with Crippen molar-refractivity contribution in [1.29, 1.82) is 0 Å². The largest absolute Gasteiger partial charge is 0.475 e. The van der Waals surface area contributed by atoms with Crippen LogP contribution in [0.25, 0.3) is 0 Å². The van der Waals surface area contributed by atoms with Crippen molar-refractivity contribution in [2.45, 2.75) is 26.1 Å². The average Bonchev–Trinajstić information content (AvgIpc) is 2.69. The molecule has 9 heteroatoms. The fourth-order valence-electron chi connectivity index (χ4n) is 2.79. The number of halogens is 2. The summed E-state index contributed by atoms with van der Waals surface area (Å²) in [4.78, 5) is 37.9. The van der Waals surface area contributed by atoms with Gasteiger partial charge in [0.15, 0.2) is 6.10 Å². The smallest absolute Gasteiger partial charge is 0.350 e. The first-order valence-corrected chi connectivity index (χ1v) is 8.76. The molecule has 1 aliphatic heterocycles. The molecule has 1 heterocycles. The lowest BCUT2D eigenvalue weighted by atomic mass is 10.2. The summed E-state index contributed by atoms with van der Waals surface area (Å²) in [5.41, 5.74) is 0.153. The van der Waals surface area contributed by atoms with Gasteiger partial charge in [0.05, 0.1) is 17.9 Å². The number of carbonyl (C=O) groups excluding carboxylic acids is 3. The lowest BCUT2D eigenvalue weighted by Crippen LogP contribution is -2.48. The van der Waals surface area contributed by atoms with Gasteiger partial charge in [0, 0.05) is 13.0 Å². The molecule has 1 aliphatic rings. The van der Waals surface area contributed by atoms with E-state index >= 15 is 0 Å². The van der Waals surface area contributed by atoms with Crippen LogP contribution >= 0.6 is 0 Å². The maximum absolute atomic E-state index is 13.7. The summed E-state index contributed by atoms with van der Waals surface area (Å²) in [7, 11) is 0. The third-order valence-electron chi connectivity index (χ3n) is 4.27. The van der Waals surface area contributed by atoms with Gasteiger partial charge in [-0.3, -0.25) is 9.59 Å². The molecule has 0 saturated heterocycles. The van der Waals surface area contributed by atoms with Gasteiger partial charge in [0.1, 0.15) is 17.4 Å². The second kappa shape index (κ2) is 8.26. The van der Waals surface area contributed by atoms with Gasteiger partial charge >= 0.3 is 5.97 Å². The topological polar surface area (TPSA) is 84.9 Å². The number of ether oxygens (including phenoxy) is 2. The number of benzene rings is 2. The number of hydrogen-bond donors (Lipinski definition) is 1. The normalized spacial score (nSPS) is 16.3. The fourth-order valence-corrected chi connectivity index (χ4v) is 2.79. The molecule has 0 aromatic heterocycles. The van der Waals surface area contributed by atoms with Gasteiger partial charge < -0.3 is 19.7 Å². The lowest BCUT2D eigenvalue weighted by Gasteiger charge is -2.33. The minimum Gasteiger partial charge on any atom is -0.475 e. The number of anilines is 2. The van der Waals surface area contributed by atoms with Crippen LogP contribution in [0.15, 0.2) is 42.5 Å². The predicted molar refractivity (Wildman–Crippen MR) is 99.4 cm³/mol. The Morgan fingerprint density at radius 3 is 2.66 bits per heavy atom. The Morgan fingerprint density at radius 1 is 1.21 bits per heavy atom. The second-order valence-electron chi connectivity index (χ2n) is 6.40. The van der Waals surface area contributed by atoms with Crippen molar-refractivity contribution < 1.29 is 32.6 Å². The SMILES string of the molecule is CC(=O)N1C[C@H](C(=O)O[C@H](C)C(=O)Nc2cc(F)ccc2F)Oc2ccccc21. The average molecular weight is 404 g/mol. The van der Waals surface area contributed by atoms with Crippen molar-refractivity contribution >= 4 is 29.2 Å². The van der Waals surface area contributed by atoms with E-state index in [9.17, 15) is 23.2 Å². The Morgan fingerprint density at radius 2 is 1.93 bits per heavy atom. The van der Waals surface area contributed by atoms with E-state index in [1.54, 1.807) is 24.3 Å². The summed E-state index contributed by atoms with van der Waals surface area (Å²) in [6.07, 6.45) is -2.45. The number of amides is 2. The molecule has 2 atom stereocenters. The second-order valence-corrected chi connectivity index (χ2v) is 6.40. The zero-order chi connectivity index (χ0) is 21.1. The van der Waals surface area contributed by atoms with Crippen molar-refractivity contribution in [3.63, 3.8) is 0 Å². The first-order chi connectivity index (χ1) is 13.8. The highest BCUT2D eigenvalue weighted by atomic mass is 19.1. The number of para-hydroxylation sites is 2. The Kier molecular flexibility index (Phi) is 5.76. The summed E-state index contributed by atoms with van der Waals surface area (Å²) in [6.45, 7) is 2.55. The third kappa shape index (κ3) is 4.50. The van der Waals surface area contributed by atoms with Crippen molar-refractivity contribution in [3.05, 3.63) is 54.1 Å². The van der Waals surface area contributed by atoms with E-state index in [0.29, 0.717) is 11.4 Å².